The first-order chi connectivity index (χ1) is 15.7. The number of thioether (sulfide) groups is 1. The third kappa shape index (κ3) is 4.70. The van der Waals surface area contributed by atoms with Crippen LogP contribution >= 0.6 is 39.3 Å². The van der Waals surface area contributed by atoms with E-state index in [9.17, 15) is 4.79 Å². The Morgan fingerprint density at radius 1 is 1.06 bits per heavy atom. The number of rotatable bonds is 4. The van der Waals surface area contributed by atoms with Gasteiger partial charge in [-0.3, -0.25) is 9.69 Å². The Morgan fingerprint density at radius 3 is 2.48 bits per heavy atom. The molecule has 1 aromatic heterocycles. The summed E-state index contributed by atoms with van der Waals surface area (Å²) in [5.41, 5.74) is 7.64. The molecule has 2 aromatic carbocycles. The third-order valence-corrected chi connectivity index (χ3v) is 8.08. The van der Waals surface area contributed by atoms with Crippen LogP contribution in [0.1, 0.15) is 35.0 Å². The van der Waals surface area contributed by atoms with E-state index in [2.05, 4.69) is 72.5 Å². The number of benzene rings is 2. The third-order valence-electron chi connectivity index (χ3n) is 5.84. The van der Waals surface area contributed by atoms with Crippen LogP contribution in [-0.4, -0.2) is 27.1 Å². The van der Waals surface area contributed by atoms with Crippen molar-refractivity contribution in [2.75, 3.05) is 6.54 Å². The number of amides is 1. The summed E-state index contributed by atoms with van der Waals surface area (Å²) in [6, 6.07) is 14.1. The molecule has 4 rings (SSSR count). The van der Waals surface area contributed by atoms with Crippen molar-refractivity contribution in [3.8, 4) is 5.69 Å². The number of aryl methyl sites for hydroxylation is 3. The second-order valence-electron chi connectivity index (χ2n) is 8.08. The number of carbonyl (C=O) groups excluding carboxylic acids is 1. The summed E-state index contributed by atoms with van der Waals surface area (Å²) in [7, 11) is 0. The zero-order valence-corrected chi connectivity index (χ0v) is 22.4. The zero-order chi connectivity index (χ0) is 23.9. The maximum absolute atomic E-state index is 13.1. The van der Waals surface area contributed by atoms with Crippen molar-refractivity contribution in [2.45, 2.75) is 34.6 Å². The maximum atomic E-state index is 13.1. The summed E-state index contributed by atoms with van der Waals surface area (Å²) in [5.74, 6) is -0.0274. The van der Waals surface area contributed by atoms with Gasteiger partial charge in [-0.15, -0.1) is 0 Å². The van der Waals surface area contributed by atoms with Gasteiger partial charge in [-0.1, -0.05) is 17.7 Å². The van der Waals surface area contributed by atoms with E-state index in [1.165, 1.54) is 22.9 Å². The van der Waals surface area contributed by atoms with Gasteiger partial charge >= 0.3 is 0 Å². The van der Waals surface area contributed by atoms with Crippen LogP contribution in [0.2, 0.25) is 5.02 Å². The van der Waals surface area contributed by atoms with Crippen LogP contribution in [0, 0.1) is 27.7 Å². The SMILES string of the molecule is CCN1C(=O)/C(=C/c2cc(C)n(-c3ccc(C)c(C)c3)c2C)SC1=Nc1ccc(Br)c(Cl)c1. The van der Waals surface area contributed by atoms with Crippen LogP contribution < -0.4 is 0 Å². The Balaban J connectivity index is 1.70. The molecule has 1 saturated heterocycles. The van der Waals surface area contributed by atoms with Gasteiger partial charge in [-0.2, -0.15) is 0 Å². The predicted octanol–water partition coefficient (Wildman–Crippen LogP) is 7.75. The van der Waals surface area contributed by atoms with Crippen molar-refractivity contribution in [3.05, 3.63) is 84.9 Å². The topological polar surface area (TPSA) is 37.6 Å². The van der Waals surface area contributed by atoms with Crippen molar-refractivity contribution in [2.24, 2.45) is 4.99 Å². The van der Waals surface area contributed by atoms with E-state index in [0.29, 0.717) is 27.3 Å². The van der Waals surface area contributed by atoms with Gasteiger partial charge in [0.05, 0.1) is 15.6 Å². The Hall–Kier alpha value is -2.28. The maximum Gasteiger partial charge on any atom is 0.266 e. The van der Waals surface area contributed by atoms with Gasteiger partial charge in [0.2, 0.25) is 0 Å². The van der Waals surface area contributed by atoms with Gasteiger partial charge in [0.1, 0.15) is 0 Å². The van der Waals surface area contributed by atoms with Crippen molar-refractivity contribution in [1.82, 2.24) is 9.47 Å². The number of hydrogen-bond acceptors (Lipinski definition) is 3. The Labute approximate surface area is 212 Å². The van der Waals surface area contributed by atoms with E-state index < -0.39 is 0 Å². The molecule has 2 heterocycles. The quantitative estimate of drug-likeness (QED) is 0.316. The number of likely N-dealkylation sites (N-methyl/N-ethyl adjacent to an activating group) is 1. The molecule has 4 nitrogen and oxygen atoms in total. The molecule has 1 amide bonds. The summed E-state index contributed by atoms with van der Waals surface area (Å²) < 4.78 is 3.05. The molecule has 3 aromatic rings. The van der Waals surface area contributed by atoms with Crippen LogP contribution in [0.25, 0.3) is 11.8 Å². The average molecular weight is 543 g/mol. The van der Waals surface area contributed by atoms with Gasteiger partial charge in [0, 0.05) is 28.1 Å². The predicted molar refractivity (Wildman–Crippen MR) is 144 cm³/mol. The molecule has 0 unspecified atom stereocenters. The van der Waals surface area contributed by atoms with Crippen LogP contribution in [0.4, 0.5) is 5.69 Å². The highest BCUT2D eigenvalue weighted by atomic mass is 79.9. The van der Waals surface area contributed by atoms with Crippen molar-refractivity contribution >= 4 is 62.1 Å². The first-order valence-electron chi connectivity index (χ1n) is 10.7. The van der Waals surface area contributed by atoms with Crippen molar-refractivity contribution in [3.63, 3.8) is 0 Å². The molecule has 7 heteroatoms. The molecule has 0 N–H and O–H groups in total. The lowest BCUT2D eigenvalue weighted by atomic mass is 10.1. The van der Waals surface area contributed by atoms with E-state index in [4.69, 9.17) is 16.6 Å². The molecule has 1 aliphatic heterocycles. The lowest BCUT2D eigenvalue weighted by Gasteiger charge is -2.12. The van der Waals surface area contributed by atoms with Crippen LogP contribution in [0.3, 0.4) is 0 Å². The minimum absolute atomic E-state index is 0.0274. The molecule has 1 aliphatic rings. The molecule has 33 heavy (non-hydrogen) atoms. The molecule has 0 radical (unpaired) electrons. The number of aliphatic imine (C=N–C) groups is 1. The minimum Gasteiger partial charge on any atom is -0.318 e. The summed E-state index contributed by atoms with van der Waals surface area (Å²) in [5, 5.41) is 1.25. The van der Waals surface area contributed by atoms with Gasteiger partial charge in [-0.05, 0) is 121 Å². The van der Waals surface area contributed by atoms with Gasteiger partial charge in [0.15, 0.2) is 5.17 Å². The fourth-order valence-electron chi connectivity index (χ4n) is 3.87. The molecule has 0 saturated carbocycles. The van der Waals surface area contributed by atoms with Crippen molar-refractivity contribution in [1.29, 1.82) is 0 Å². The number of carbonyl (C=O) groups is 1. The van der Waals surface area contributed by atoms with E-state index in [1.54, 1.807) is 11.0 Å². The van der Waals surface area contributed by atoms with Gasteiger partial charge < -0.3 is 4.57 Å². The average Bonchev–Trinajstić information content (AvgIpc) is 3.22. The highest BCUT2D eigenvalue weighted by molar-refractivity contribution is 9.10. The number of halogens is 2. The van der Waals surface area contributed by atoms with Crippen LogP contribution in [0.5, 0.6) is 0 Å². The molecule has 0 aliphatic carbocycles. The van der Waals surface area contributed by atoms with E-state index in [0.717, 1.165) is 27.1 Å². The lowest BCUT2D eigenvalue weighted by Crippen LogP contribution is -2.28. The second kappa shape index (κ2) is 9.53. The van der Waals surface area contributed by atoms with E-state index in [-0.39, 0.29) is 5.91 Å². The van der Waals surface area contributed by atoms with E-state index >= 15 is 0 Å². The first kappa shape index (κ1) is 23.9. The Kier molecular flexibility index (Phi) is 6.89. The number of nitrogens with zero attached hydrogens (tertiary/aromatic N) is 3. The highest BCUT2D eigenvalue weighted by Gasteiger charge is 2.32. The molecular weight excluding hydrogens is 518 g/mol. The molecular formula is C26H25BrClN3OS. The zero-order valence-electron chi connectivity index (χ0n) is 19.2. The fourth-order valence-corrected chi connectivity index (χ4v) is 5.35. The van der Waals surface area contributed by atoms with Crippen molar-refractivity contribution < 1.29 is 4.79 Å². The summed E-state index contributed by atoms with van der Waals surface area (Å²) in [6.45, 7) is 10.9. The van der Waals surface area contributed by atoms with Gasteiger partial charge in [-0.25, -0.2) is 4.99 Å². The second-order valence-corrected chi connectivity index (χ2v) is 10.4. The lowest BCUT2D eigenvalue weighted by molar-refractivity contribution is -0.122. The Bertz CT molecular complexity index is 1330. The highest BCUT2D eigenvalue weighted by Crippen LogP contribution is 2.36. The standard InChI is InChI=1S/C26H25BrClN3OS/c1-6-30-25(32)24(33-26(30)29-20-8-10-22(27)23(28)14-20)13-19-12-17(4)31(18(19)5)21-9-7-15(2)16(3)11-21/h7-14H,6H2,1-5H3/b24-13-,29-26?. The summed E-state index contributed by atoms with van der Waals surface area (Å²) in [4.78, 5) is 20.2. The Morgan fingerprint density at radius 2 is 1.82 bits per heavy atom. The number of amidine groups is 1. The monoisotopic (exact) mass is 541 g/mol. The minimum atomic E-state index is -0.0274. The smallest absolute Gasteiger partial charge is 0.266 e. The molecule has 0 atom stereocenters. The summed E-state index contributed by atoms with van der Waals surface area (Å²) in [6.07, 6.45) is 1.98. The molecule has 0 bridgehead atoms. The largest absolute Gasteiger partial charge is 0.318 e. The van der Waals surface area contributed by atoms with Gasteiger partial charge in [0.25, 0.3) is 5.91 Å². The van der Waals surface area contributed by atoms with Crippen LogP contribution in [-0.2, 0) is 4.79 Å². The summed E-state index contributed by atoms with van der Waals surface area (Å²) >= 11 is 11.0. The molecule has 170 valence electrons. The number of aromatic nitrogens is 1. The normalized spacial score (nSPS) is 16.5. The fraction of sp³-hybridized carbons (Fsp3) is 0.231. The molecule has 0 spiro atoms. The first-order valence-corrected chi connectivity index (χ1v) is 12.7. The number of hydrogen-bond donors (Lipinski definition) is 0. The molecule has 1 fully saturated rings. The van der Waals surface area contributed by atoms with Crippen LogP contribution in [0.15, 0.2) is 56.8 Å². The van der Waals surface area contributed by atoms with E-state index in [1.807, 2.05) is 25.1 Å².